The lowest BCUT2D eigenvalue weighted by Gasteiger charge is -2.26. The van der Waals surface area contributed by atoms with Crippen molar-refractivity contribution in [1.29, 1.82) is 0 Å². The van der Waals surface area contributed by atoms with Gasteiger partial charge in [0.1, 0.15) is 0 Å². The lowest BCUT2D eigenvalue weighted by molar-refractivity contribution is -0.125. The molecule has 1 fully saturated rings. The van der Waals surface area contributed by atoms with E-state index < -0.39 is 0 Å². The fourth-order valence-electron chi connectivity index (χ4n) is 2.45. The Balaban J connectivity index is 1.95. The first kappa shape index (κ1) is 15.3. The molecule has 0 heterocycles. The molecule has 3 nitrogen and oxygen atoms in total. The van der Waals surface area contributed by atoms with Crippen LogP contribution in [0.5, 0.6) is 0 Å². The summed E-state index contributed by atoms with van der Waals surface area (Å²) in [5.41, 5.74) is 1.17. The normalized spacial score (nSPS) is 17.9. The predicted octanol–water partition coefficient (Wildman–Crippen LogP) is 3.11. The van der Waals surface area contributed by atoms with Crippen molar-refractivity contribution in [2.24, 2.45) is 11.8 Å². The first-order valence-electron chi connectivity index (χ1n) is 7.18. The molecule has 1 aromatic carbocycles. The molecule has 2 unspecified atom stereocenters. The molecular weight excluding hydrogens is 272 g/mol. The molecule has 1 aliphatic rings. The average molecular weight is 295 g/mol. The number of benzene rings is 1. The lowest BCUT2D eigenvalue weighted by atomic mass is 10.0. The zero-order chi connectivity index (χ0) is 14.7. The zero-order valence-electron chi connectivity index (χ0n) is 12.4. The molecule has 0 bridgehead atoms. The number of nitrogens with zero attached hydrogens (tertiary/aromatic N) is 1. The number of halogens is 1. The molecule has 0 radical (unpaired) electrons. The van der Waals surface area contributed by atoms with Crippen LogP contribution in [0.1, 0.15) is 31.4 Å². The van der Waals surface area contributed by atoms with Gasteiger partial charge in [-0.05, 0) is 50.6 Å². The minimum atomic E-state index is 0.142. The van der Waals surface area contributed by atoms with E-state index in [0.717, 1.165) is 5.02 Å². The van der Waals surface area contributed by atoms with Crippen molar-refractivity contribution in [3.05, 3.63) is 34.9 Å². The number of hydrogen-bond acceptors (Lipinski definition) is 2. The van der Waals surface area contributed by atoms with Gasteiger partial charge in [-0.3, -0.25) is 4.79 Å². The van der Waals surface area contributed by atoms with Crippen LogP contribution in [0.25, 0.3) is 0 Å². The molecular formula is C16H23ClN2O. The van der Waals surface area contributed by atoms with Crippen LogP contribution in [0.3, 0.4) is 0 Å². The molecule has 1 N–H and O–H groups in total. The van der Waals surface area contributed by atoms with Gasteiger partial charge in [0.05, 0.1) is 6.04 Å². The molecule has 110 valence electrons. The molecule has 2 rings (SSSR count). The minimum absolute atomic E-state index is 0.142. The maximum absolute atomic E-state index is 12.1. The quantitative estimate of drug-likeness (QED) is 0.874. The highest BCUT2D eigenvalue weighted by molar-refractivity contribution is 6.30. The monoisotopic (exact) mass is 294 g/mol. The van der Waals surface area contributed by atoms with Gasteiger partial charge in [0.2, 0.25) is 5.91 Å². The third-order valence-corrected chi connectivity index (χ3v) is 4.34. The molecule has 20 heavy (non-hydrogen) atoms. The van der Waals surface area contributed by atoms with E-state index in [-0.39, 0.29) is 17.9 Å². The third-order valence-electron chi connectivity index (χ3n) is 4.09. The minimum Gasteiger partial charge on any atom is -0.354 e. The highest BCUT2D eigenvalue weighted by Gasteiger charge is 2.32. The van der Waals surface area contributed by atoms with Crippen LogP contribution in [0, 0.1) is 11.8 Å². The van der Waals surface area contributed by atoms with Crippen molar-refractivity contribution in [3.8, 4) is 0 Å². The van der Waals surface area contributed by atoms with Gasteiger partial charge in [-0.15, -0.1) is 0 Å². The smallest absolute Gasteiger partial charge is 0.223 e. The number of nitrogens with one attached hydrogen (secondary N) is 1. The average Bonchev–Trinajstić information content (AvgIpc) is 3.24. The first-order chi connectivity index (χ1) is 9.49. The molecule has 2 atom stereocenters. The molecule has 0 saturated heterocycles. The van der Waals surface area contributed by atoms with Crippen molar-refractivity contribution in [1.82, 2.24) is 10.2 Å². The van der Waals surface area contributed by atoms with Crippen molar-refractivity contribution in [2.75, 3.05) is 20.6 Å². The summed E-state index contributed by atoms with van der Waals surface area (Å²) in [5, 5.41) is 3.82. The second-order valence-corrected chi connectivity index (χ2v) is 6.34. The van der Waals surface area contributed by atoms with E-state index in [4.69, 9.17) is 11.6 Å². The molecule has 0 spiro atoms. The van der Waals surface area contributed by atoms with Gasteiger partial charge in [-0.2, -0.15) is 0 Å². The van der Waals surface area contributed by atoms with E-state index in [1.807, 2.05) is 45.3 Å². The van der Waals surface area contributed by atoms with E-state index in [1.54, 1.807) is 0 Å². The standard InChI is InChI=1S/C16H23ClN2O/c1-11(12-4-5-12)16(20)18-10-15(19(2)3)13-6-8-14(17)9-7-13/h6-9,11-12,15H,4-5,10H2,1-3H3,(H,18,20). The summed E-state index contributed by atoms with van der Waals surface area (Å²) in [5.74, 6) is 0.916. The first-order valence-corrected chi connectivity index (χ1v) is 7.56. The van der Waals surface area contributed by atoms with Gasteiger partial charge in [0, 0.05) is 17.5 Å². The number of amides is 1. The fourth-order valence-corrected chi connectivity index (χ4v) is 2.58. The van der Waals surface area contributed by atoms with Gasteiger partial charge in [0.25, 0.3) is 0 Å². The Labute approximate surface area is 126 Å². The maximum Gasteiger partial charge on any atom is 0.223 e. The van der Waals surface area contributed by atoms with Crippen LogP contribution in [0.2, 0.25) is 5.02 Å². The van der Waals surface area contributed by atoms with Crippen LogP contribution in [-0.2, 0) is 4.79 Å². The Morgan fingerprint density at radius 1 is 1.35 bits per heavy atom. The summed E-state index contributed by atoms with van der Waals surface area (Å²) >= 11 is 5.92. The summed E-state index contributed by atoms with van der Waals surface area (Å²) in [6.45, 7) is 2.66. The highest BCUT2D eigenvalue weighted by atomic mass is 35.5. The van der Waals surface area contributed by atoms with Gasteiger partial charge in [-0.25, -0.2) is 0 Å². The lowest BCUT2D eigenvalue weighted by Crippen LogP contribution is -2.37. The van der Waals surface area contributed by atoms with Crippen LogP contribution in [0.15, 0.2) is 24.3 Å². The topological polar surface area (TPSA) is 32.3 Å². The Kier molecular flexibility index (Phi) is 5.06. The SMILES string of the molecule is CC(C(=O)NCC(c1ccc(Cl)cc1)N(C)C)C1CC1. The third kappa shape index (κ3) is 3.97. The molecule has 0 aromatic heterocycles. The Morgan fingerprint density at radius 2 is 1.95 bits per heavy atom. The second-order valence-electron chi connectivity index (χ2n) is 5.90. The highest BCUT2D eigenvalue weighted by Crippen LogP contribution is 2.36. The molecule has 1 amide bonds. The molecule has 1 aliphatic carbocycles. The Hall–Kier alpha value is -1.06. The second kappa shape index (κ2) is 6.59. The maximum atomic E-state index is 12.1. The summed E-state index contributed by atoms with van der Waals surface area (Å²) in [7, 11) is 4.05. The number of hydrogen-bond donors (Lipinski definition) is 1. The Bertz CT molecular complexity index is 454. The predicted molar refractivity (Wildman–Crippen MR) is 82.8 cm³/mol. The van der Waals surface area contributed by atoms with Crippen LogP contribution >= 0.6 is 11.6 Å². The molecule has 4 heteroatoms. The summed E-state index contributed by atoms with van der Waals surface area (Å²) in [4.78, 5) is 14.2. The van der Waals surface area contributed by atoms with Gasteiger partial charge in [0.15, 0.2) is 0 Å². The number of carbonyl (C=O) groups excluding carboxylic acids is 1. The largest absolute Gasteiger partial charge is 0.354 e. The van der Waals surface area contributed by atoms with E-state index in [1.165, 1.54) is 18.4 Å². The van der Waals surface area contributed by atoms with Gasteiger partial charge < -0.3 is 10.2 Å². The number of carbonyl (C=O) groups is 1. The van der Waals surface area contributed by atoms with Gasteiger partial charge in [-0.1, -0.05) is 30.7 Å². The molecule has 1 aromatic rings. The van der Waals surface area contributed by atoms with Crippen LogP contribution in [0.4, 0.5) is 0 Å². The van der Waals surface area contributed by atoms with Gasteiger partial charge >= 0.3 is 0 Å². The summed E-state index contributed by atoms with van der Waals surface area (Å²) in [6, 6.07) is 7.99. The van der Waals surface area contributed by atoms with Crippen molar-refractivity contribution in [3.63, 3.8) is 0 Å². The van der Waals surface area contributed by atoms with Crippen molar-refractivity contribution >= 4 is 17.5 Å². The van der Waals surface area contributed by atoms with Crippen molar-refractivity contribution < 1.29 is 4.79 Å². The zero-order valence-corrected chi connectivity index (χ0v) is 13.2. The van der Waals surface area contributed by atoms with Crippen LogP contribution < -0.4 is 5.32 Å². The Morgan fingerprint density at radius 3 is 2.45 bits per heavy atom. The van der Waals surface area contributed by atoms with E-state index in [2.05, 4.69) is 10.2 Å². The molecule has 1 saturated carbocycles. The van der Waals surface area contributed by atoms with E-state index >= 15 is 0 Å². The fraction of sp³-hybridized carbons (Fsp3) is 0.562. The number of rotatable bonds is 6. The van der Waals surface area contributed by atoms with Crippen molar-refractivity contribution in [2.45, 2.75) is 25.8 Å². The summed E-state index contributed by atoms with van der Waals surface area (Å²) in [6.07, 6.45) is 2.39. The van der Waals surface area contributed by atoms with Crippen LogP contribution in [-0.4, -0.2) is 31.4 Å². The van der Waals surface area contributed by atoms with E-state index in [9.17, 15) is 4.79 Å². The molecule has 0 aliphatic heterocycles. The number of likely N-dealkylation sites (N-methyl/N-ethyl adjacent to an activating group) is 1. The summed E-state index contributed by atoms with van der Waals surface area (Å²) < 4.78 is 0. The van der Waals surface area contributed by atoms with E-state index in [0.29, 0.717) is 12.5 Å².